The van der Waals surface area contributed by atoms with Crippen molar-refractivity contribution in [2.75, 3.05) is 18.7 Å². The molecular weight excluding hydrogens is 344 g/mol. The van der Waals surface area contributed by atoms with E-state index in [2.05, 4.69) is 10.3 Å². The van der Waals surface area contributed by atoms with Crippen molar-refractivity contribution in [3.63, 3.8) is 0 Å². The Kier molecular flexibility index (Phi) is 4.22. The summed E-state index contributed by atoms with van der Waals surface area (Å²) in [6.07, 6.45) is 4.25. The average Bonchev–Trinajstić information content (AvgIpc) is 3.01. The van der Waals surface area contributed by atoms with Crippen molar-refractivity contribution in [2.45, 2.75) is 12.0 Å². The lowest BCUT2D eigenvalue weighted by Gasteiger charge is -2.09. The van der Waals surface area contributed by atoms with E-state index in [-0.39, 0.29) is 22.1 Å². The number of ether oxygens (including phenoxy) is 1. The van der Waals surface area contributed by atoms with Gasteiger partial charge in [-0.25, -0.2) is 8.42 Å². The summed E-state index contributed by atoms with van der Waals surface area (Å²) < 4.78 is 34.2. The molecule has 0 aliphatic carbocycles. The lowest BCUT2D eigenvalue weighted by atomic mass is 10.1. The Morgan fingerprint density at radius 3 is 2.68 bits per heavy atom. The monoisotopic (exact) mass is 360 g/mol. The van der Waals surface area contributed by atoms with Gasteiger partial charge in [0.25, 0.3) is 5.91 Å². The summed E-state index contributed by atoms with van der Waals surface area (Å²) in [6.45, 7) is 1.83. The zero-order valence-corrected chi connectivity index (χ0v) is 14.7. The van der Waals surface area contributed by atoms with Gasteiger partial charge >= 0.3 is 0 Å². The zero-order valence-electron chi connectivity index (χ0n) is 13.9. The van der Waals surface area contributed by atoms with Crippen molar-refractivity contribution in [3.8, 4) is 5.75 Å². The molecule has 0 bridgehead atoms. The molecule has 7 nitrogen and oxygen atoms in total. The predicted octanol–water partition coefficient (Wildman–Crippen LogP) is 2.80. The molecule has 0 saturated heterocycles. The van der Waals surface area contributed by atoms with Crippen LogP contribution >= 0.6 is 0 Å². The number of anilines is 1. The largest absolute Gasteiger partial charge is 0.493 e. The second-order valence-corrected chi connectivity index (χ2v) is 7.49. The van der Waals surface area contributed by atoms with Crippen molar-refractivity contribution < 1.29 is 22.4 Å². The molecule has 1 N–H and O–H groups in total. The van der Waals surface area contributed by atoms with Gasteiger partial charge in [-0.05, 0) is 30.7 Å². The molecule has 0 atom stereocenters. The van der Waals surface area contributed by atoms with Crippen LogP contribution in [0, 0.1) is 6.92 Å². The van der Waals surface area contributed by atoms with Crippen LogP contribution in [0.15, 0.2) is 46.2 Å². The third-order valence-electron chi connectivity index (χ3n) is 3.72. The summed E-state index contributed by atoms with van der Waals surface area (Å²) in [7, 11) is -2.12. The Balaban J connectivity index is 2.11. The number of carbonyl (C=O) groups excluding carboxylic acids is 1. The molecule has 8 heteroatoms. The van der Waals surface area contributed by atoms with E-state index < -0.39 is 9.84 Å². The van der Waals surface area contributed by atoms with Gasteiger partial charge in [-0.2, -0.15) is 0 Å². The Hall–Kier alpha value is -2.87. The third-order valence-corrected chi connectivity index (χ3v) is 4.66. The van der Waals surface area contributed by atoms with E-state index in [1.807, 2.05) is 6.92 Å². The summed E-state index contributed by atoms with van der Waals surface area (Å²) in [5.74, 6) is -0.0376. The van der Waals surface area contributed by atoms with E-state index >= 15 is 0 Å². The third kappa shape index (κ3) is 3.20. The Bertz CT molecular complexity index is 1070. The molecule has 0 unspecified atom stereocenters. The molecule has 3 rings (SSSR count). The van der Waals surface area contributed by atoms with Gasteiger partial charge in [-0.15, -0.1) is 0 Å². The van der Waals surface area contributed by atoms with Gasteiger partial charge in [0.1, 0.15) is 0 Å². The highest BCUT2D eigenvalue weighted by molar-refractivity contribution is 7.90. The molecular formula is C17H16N2O5S. The number of rotatable bonds is 4. The number of amides is 1. The molecule has 0 aliphatic heterocycles. The molecule has 1 amide bonds. The molecule has 0 radical (unpaired) electrons. The number of benzene rings is 1. The Morgan fingerprint density at radius 2 is 2.04 bits per heavy atom. The molecule has 2 heterocycles. The first-order valence-corrected chi connectivity index (χ1v) is 9.23. The maximum Gasteiger partial charge on any atom is 0.256 e. The van der Waals surface area contributed by atoms with Crippen LogP contribution in [0.4, 0.5) is 5.69 Å². The quantitative estimate of drug-likeness (QED) is 0.768. The maximum absolute atomic E-state index is 12.7. The van der Waals surface area contributed by atoms with E-state index in [0.29, 0.717) is 16.8 Å². The topological polar surface area (TPSA) is 98.5 Å². The summed E-state index contributed by atoms with van der Waals surface area (Å²) in [6, 6.07) is 6.15. The predicted molar refractivity (Wildman–Crippen MR) is 92.8 cm³/mol. The SMILES string of the molecule is COc1ccc(C(=O)Nc2ccncc2C)c2cc(S(C)(=O)=O)oc12. The smallest absolute Gasteiger partial charge is 0.256 e. The van der Waals surface area contributed by atoms with Crippen LogP contribution in [0.3, 0.4) is 0 Å². The fourth-order valence-corrected chi connectivity index (χ4v) is 2.99. The minimum absolute atomic E-state index is 0.210. The number of aromatic nitrogens is 1. The molecule has 0 fully saturated rings. The number of pyridine rings is 1. The van der Waals surface area contributed by atoms with Gasteiger partial charge in [-0.1, -0.05) is 0 Å². The molecule has 3 aromatic rings. The normalized spacial score (nSPS) is 11.5. The molecule has 1 aromatic carbocycles. The first-order valence-electron chi connectivity index (χ1n) is 7.34. The van der Waals surface area contributed by atoms with Crippen molar-refractivity contribution in [1.82, 2.24) is 4.98 Å². The fraction of sp³-hybridized carbons (Fsp3) is 0.176. The van der Waals surface area contributed by atoms with Crippen LogP contribution in [0.5, 0.6) is 5.75 Å². The number of fused-ring (bicyclic) bond motifs is 1. The second kappa shape index (κ2) is 6.21. The minimum Gasteiger partial charge on any atom is -0.493 e. The summed E-state index contributed by atoms with van der Waals surface area (Å²) in [5, 5.41) is 2.94. The highest BCUT2D eigenvalue weighted by Crippen LogP contribution is 2.33. The maximum atomic E-state index is 12.7. The van der Waals surface area contributed by atoms with Gasteiger partial charge in [0.05, 0.1) is 12.7 Å². The Morgan fingerprint density at radius 1 is 1.28 bits per heavy atom. The number of carbonyl (C=O) groups is 1. The lowest BCUT2D eigenvalue weighted by molar-refractivity contribution is 0.102. The van der Waals surface area contributed by atoms with Gasteiger partial charge in [-0.3, -0.25) is 9.78 Å². The van der Waals surface area contributed by atoms with E-state index in [9.17, 15) is 13.2 Å². The summed E-state index contributed by atoms with van der Waals surface area (Å²) in [5.41, 5.74) is 1.92. The number of hydrogen-bond donors (Lipinski definition) is 1. The summed E-state index contributed by atoms with van der Waals surface area (Å²) >= 11 is 0. The molecule has 0 aliphatic rings. The second-order valence-electron chi connectivity index (χ2n) is 5.54. The first kappa shape index (κ1) is 17.0. The van der Waals surface area contributed by atoms with Crippen LogP contribution in [0.2, 0.25) is 0 Å². The van der Waals surface area contributed by atoms with Gasteiger partial charge < -0.3 is 14.5 Å². The highest BCUT2D eigenvalue weighted by atomic mass is 32.2. The first-order chi connectivity index (χ1) is 11.8. The molecule has 25 heavy (non-hydrogen) atoms. The number of hydrogen-bond acceptors (Lipinski definition) is 6. The highest BCUT2D eigenvalue weighted by Gasteiger charge is 2.21. The summed E-state index contributed by atoms with van der Waals surface area (Å²) in [4.78, 5) is 16.7. The molecule has 0 spiro atoms. The van der Waals surface area contributed by atoms with Crippen molar-refractivity contribution in [1.29, 1.82) is 0 Å². The Labute approximate surface area is 144 Å². The molecule has 0 saturated carbocycles. The van der Waals surface area contributed by atoms with Crippen LogP contribution < -0.4 is 10.1 Å². The van der Waals surface area contributed by atoms with Crippen LogP contribution in [0.25, 0.3) is 11.0 Å². The van der Waals surface area contributed by atoms with Crippen molar-refractivity contribution in [2.24, 2.45) is 0 Å². The van der Waals surface area contributed by atoms with Crippen LogP contribution in [-0.2, 0) is 9.84 Å². The molecule has 130 valence electrons. The van der Waals surface area contributed by atoms with Crippen LogP contribution in [0.1, 0.15) is 15.9 Å². The standard InChI is InChI=1S/C17H16N2O5S/c1-10-9-18-7-6-13(10)19-17(20)11-4-5-14(23-2)16-12(11)8-15(24-16)25(3,21)22/h4-9H,1-3H3,(H,18,19,20). The number of nitrogens with zero attached hydrogens (tertiary/aromatic N) is 1. The van der Waals surface area contributed by atoms with Crippen molar-refractivity contribution >= 4 is 32.4 Å². The number of methoxy groups -OCH3 is 1. The minimum atomic E-state index is -3.56. The van der Waals surface area contributed by atoms with Crippen molar-refractivity contribution in [3.05, 3.63) is 47.8 Å². The van der Waals surface area contributed by atoms with E-state index in [4.69, 9.17) is 9.15 Å². The van der Waals surface area contributed by atoms with Crippen LogP contribution in [-0.4, -0.2) is 32.7 Å². The lowest BCUT2D eigenvalue weighted by Crippen LogP contribution is -2.13. The number of nitrogens with one attached hydrogen (secondary N) is 1. The van der Waals surface area contributed by atoms with Gasteiger partial charge in [0, 0.05) is 35.8 Å². The van der Waals surface area contributed by atoms with E-state index in [1.54, 1.807) is 30.6 Å². The number of aryl methyl sites for hydroxylation is 1. The number of sulfone groups is 1. The van der Waals surface area contributed by atoms with E-state index in [1.165, 1.54) is 13.2 Å². The fourth-order valence-electron chi connectivity index (χ4n) is 2.42. The van der Waals surface area contributed by atoms with Gasteiger partial charge in [0.2, 0.25) is 14.9 Å². The average molecular weight is 360 g/mol. The zero-order chi connectivity index (χ0) is 18.2. The van der Waals surface area contributed by atoms with E-state index in [0.717, 1.165) is 11.8 Å². The molecule has 2 aromatic heterocycles. The van der Waals surface area contributed by atoms with Gasteiger partial charge in [0.15, 0.2) is 11.3 Å². The number of furan rings is 1.